The summed E-state index contributed by atoms with van der Waals surface area (Å²) in [4.78, 5) is 10.8. The van der Waals surface area contributed by atoms with E-state index in [4.69, 9.17) is 0 Å². The van der Waals surface area contributed by atoms with Crippen LogP contribution in [-0.4, -0.2) is 48.3 Å². The molecule has 1 aliphatic heterocycles. The van der Waals surface area contributed by atoms with Crippen LogP contribution >= 0.6 is 0 Å². The highest BCUT2D eigenvalue weighted by molar-refractivity contribution is 5.80. The third kappa shape index (κ3) is 6.43. The van der Waals surface area contributed by atoms with E-state index >= 15 is 0 Å². The number of nitrogens with one attached hydrogen (secondary N) is 1. The zero-order chi connectivity index (χ0) is 18.5. The summed E-state index contributed by atoms with van der Waals surface area (Å²) in [5, 5.41) is 3.29. The van der Waals surface area contributed by atoms with Gasteiger partial charge in [-0.1, -0.05) is 19.9 Å². The Balaban J connectivity index is 1.96. The molecule has 1 aromatic heterocycles. The van der Waals surface area contributed by atoms with Crippen molar-refractivity contribution in [2.45, 2.75) is 39.9 Å². The van der Waals surface area contributed by atoms with Crippen LogP contribution in [0.25, 0.3) is 0 Å². The van der Waals surface area contributed by atoms with Crippen molar-refractivity contribution in [3.63, 3.8) is 0 Å². The third-order valence-electron chi connectivity index (χ3n) is 3.90. The second-order valence-corrected chi connectivity index (χ2v) is 6.91. The molecule has 1 aromatic rings. The number of aliphatic imine (C=N–C) groups is 1. The van der Waals surface area contributed by atoms with Crippen LogP contribution in [0.2, 0.25) is 0 Å². The van der Waals surface area contributed by atoms with Gasteiger partial charge >= 0.3 is 6.18 Å². The lowest BCUT2D eigenvalue weighted by molar-refractivity contribution is -0.154. The number of pyridine rings is 1. The summed E-state index contributed by atoms with van der Waals surface area (Å²) in [5.74, 6) is 0.809. The smallest absolute Gasteiger partial charge is 0.422 e. The van der Waals surface area contributed by atoms with E-state index in [1.54, 1.807) is 6.07 Å². The summed E-state index contributed by atoms with van der Waals surface area (Å²) in [6, 6.07) is 3.11. The molecule has 0 atom stereocenters. The van der Waals surface area contributed by atoms with E-state index in [9.17, 15) is 13.2 Å². The summed E-state index contributed by atoms with van der Waals surface area (Å²) in [5.41, 5.74) is 1.09. The van der Waals surface area contributed by atoms with E-state index in [-0.39, 0.29) is 11.3 Å². The lowest BCUT2D eigenvalue weighted by atomic mass is 9.93. The molecule has 8 heteroatoms. The van der Waals surface area contributed by atoms with E-state index in [0.29, 0.717) is 6.54 Å². The number of hydrogen-bond acceptors (Lipinski definition) is 3. The number of ether oxygens (including phenoxy) is 1. The molecule has 1 aliphatic rings. The van der Waals surface area contributed by atoms with Crippen LogP contribution in [0.1, 0.15) is 32.8 Å². The topological polar surface area (TPSA) is 49.8 Å². The lowest BCUT2D eigenvalue weighted by Crippen LogP contribution is -2.40. The Labute approximate surface area is 146 Å². The monoisotopic (exact) mass is 358 g/mol. The van der Waals surface area contributed by atoms with E-state index in [0.717, 1.165) is 37.6 Å². The summed E-state index contributed by atoms with van der Waals surface area (Å²) < 4.78 is 41.0. The van der Waals surface area contributed by atoms with Crippen molar-refractivity contribution in [1.29, 1.82) is 0 Å². The van der Waals surface area contributed by atoms with E-state index in [1.807, 2.05) is 6.92 Å². The van der Waals surface area contributed by atoms with Crippen molar-refractivity contribution in [3.8, 4) is 5.88 Å². The van der Waals surface area contributed by atoms with Gasteiger partial charge in [0, 0.05) is 31.9 Å². The van der Waals surface area contributed by atoms with Gasteiger partial charge in [0.05, 0.1) is 6.54 Å². The van der Waals surface area contributed by atoms with Crippen LogP contribution in [0.4, 0.5) is 13.2 Å². The molecule has 0 bridgehead atoms. The molecule has 1 fully saturated rings. The summed E-state index contributed by atoms with van der Waals surface area (Å²) in [6.07, 6.45) is -1.76. The largest absolute Gasteiger partial charge is 0.468 e. The third-order valence-corrected chi connectivity index (χ3v) is 3.90. The Kier molecular flexibility index (Phi) is 6.13. The minimum absolute atomic E-state index is 0.0433. The first-order chi connectivity index (χ1) is 11.7. The maximum atomic E-state index is 12.1. The predicted octanol–water partition coefficient (Wildman–Crippen LogP) is 3.22. The number of rotatable bonds is 5. The molecule has 0 saturated carbocycles. The van der Waals surface area contributed by atoms with Crippen molar-refractivity contribution in [2.24, 2.45) is 10.4 Å². The van der Waals surface area contributed by atoms with Crippen molar-refractivity contribution in [3.05, 3.63) is 23.9 Å². The van der Waals surface area contributed by atoms with Gasteiger partial charge in [-0.15, -0.1) is 0 Å². The van der Waals surface area contributed by atoms with Gasteiger partial charge in [-0.3, -0.25) is 0 Å². The average Bonchev–Trinajstić information content (AvgIpc) is 2.89. The van der Waals surface area contributed by atoms with Gasteiger partial charge in [0.2, 0.25) is 5.88 Å². The first-order valence-electron chi connectivity index (χ1n) is 8.36. The molecule has 5 nitrogen and oxygen atoms in total. The fraction of sp³-hybridized carbons (Fsp3) is 0.647. The van der Waals surface area contributed by atoms with Crippen LogP contribution in [0.5, 0.6) is 5.88 Å². The number of hydrogen-bond donors (Lipinski definition) is 1. The van der Waals surface area contributed by atoms with E-state index in [2.05, 4.69) is 38.8 Å². The first-order valence-corrected chi connectivity index (χ1v) is 8.36. The second-order valence-electron chi connectivity index (χ2n) is 6.91. The zero-order valence-electron chi connectivity index (χ0n) is 14.9. The summed E-state index contributed by atoms with van der Waals surface area (Å²) in [6.45, 7) is 8.24. The maximum absolute atomic E-state index is 12.1. The number of guanidine groups is 1. The highest BCUT2D eigenvalue weighted by Gasteiger charge is 2.31. The molecule has 0 amide bonds. The second kappa shape index (κ2) is 7.93. The molecule has 2 heterocycles. The van der Waals surface area contributed by atoms with Gasteiger partial charge in [-0.2, -0.15) is 13.2 Å². The Hall–Kier alpha value is -1.99. The highest BCUT2D eigenvalue weighted by atomic mass is 19.4. The van der Waals surface area contributed by atoms with Gasteiger partial charge < -0.3 is 15.0 Å². The predicted molar refractivity (Wildman–Crippen MR) is 90.6 cm³/mol. The Morgan fingerprint density at radius 1 is 1.40 bits per heavy atom. The van der Waals surface area contributed by atoms with Gasteiger partial charge in [0.25, 0.3) is 0 Å². The molecule has 1 N–H and O–H groups in total. The number of likely N-dealkylation sites (tertiary alicyclic amines) is 1. The molecule has 2 rings (SSSR count). The van der Waals surface area contributed by atoms with Gasteiger partial charge in [-0.05, 0) is 24.3 Å². The molecule has 0 radical (unpaired) electrons. The highest BCUT2D eigenvalue weighted by Crippen LogP contribution is 2.28. The molecular formula is C17H25F3N4O. The first kappa shape index (κ1) is 19.3. The Morgan fingerprint density at radius 3 is 2.68 bits per heavy atom. The molecule has 140 valence electrons. The van der Waals surface area contributed by atoms with Gasteiger partial charge in [0.15, 0.2) is 12.6 Å². The van der Waals surface area contributed by atoms with Crippen LogP contribution in [0.15, 0.2) is 23.3 Å². The summed E-state index contributed by atoms with van der Waals surface area (Å²) in [7, 11) is 0. The standard InChI is InChI=1S/C17H25F3N4O/c1-4-21-15(24-8-7-16(2,3)11-24)23-10-13-5-6-14(22-9-13)25-12-17(18,19)20/h5-6,9H,4,7-8,10-12H2,1-3H3,(H,21,23). The van der Waals surface area contributed by atoms with Crippen molar-refractivity contribution >= 4 is 5.96 Å². The molecule has 0 aliphatic carbocycles. The minimum atomic E-state index is -4.37. The lowest BCUT2D eigenvalue weighted by Gasteiger charge is -2.23. The molecule has 0 spiro atoms. The van der Waals surface area contributed by atoms with E-state index in [1.165, 1.54) is 12.3 Å². The van der Waals surface area contributed by atoms with Crippen LogP contribution in [0, 0.1) is 5.41 Å². The zero-order valence-corrected chi connectivity index (χ0v) is 14.9. The van der Waals surface area contributed by atoms with Gasteiger partial charge in [-0.25, -0.2) is 9.98 Å². The van der Waals surface area contributed by atoms with Crippen molar-refractivity contribution < 1.29 is 17.9 Å². The van der Waals surface area contributed by atoms with Crippen LogP contribution in [0.3, 0.4) is 0 Å². The number of alkyl halides is 3. The van der Waals surface area contributed by atoms with Crippen LogP contribution in [-0.2, 0) is 6.54 Å². The SMILES string of the molecule is CCNC(=NCc1ccc(OCC(F)(F)F)nc1)N1CCC(C)(C)C1. The average molecular weight is 358 g/mol. The van der Waals surface area contributed by atoms with E-state index < -0.39 is 12.8 Å². The molecule has 1 saturated heterocycles. The molecule has 0 aromatic carbocycles. The van der Waals surface area contributed by atoms with Crippen molar-refractivity contribution in [2.75, 3.05) is 26.2 Å². The summed E-state index contributed by atoms with van der Waals surface area (Å²) >= 11 is 0. The van der Waals surface area contributed by atoms with Crippen molar-refractivity contribution in [1.82, 2.24) is 15.2 Å². The molecular weight excluding hydrogens is 333 g/mol. The van der Waals surface area contributed by atoms with Crippen LogP contribution < -0.4 is 10.1 Å². The number of nitrogens with zero attached hydrogens (tertiary/aromatic N) is 3. The number of aromatic nitrogens is 1. The maximum Gasteiger partial charge on any atom is 0.422 e. The number of halogens is 3. The quantitative estimate of drug-likeness (QED) is 0.649. The Morgan fingerprint density at radius 2 is 2.16 bits per heavy atom. The Bertz CT molecular complexity index is 585. The normalized spacial score (nSPS) is 17.7. The molecule has 0 unspecified atom stereocenters. The minimum Gasteiger partial charge on any atom is -0.468 e. The fourth-order valence-electron chi connectivity index (χ4n) is 2.63. The fourth-order valence-corrected chi connectivity index (χ4v) is 2.63. The molecule has 25 heavy (non-hydrogen) atoms. The van der Waals surface area contributed by atoms with Gasteiger partial charge in [0.1, 0.15) is 0 Å².